The summed E-state index contributed by atoms with van der Waals surface area (Å²) in [4.78, 5) is 22.0. The Morgan fingerprint density at radius 3 is 2.72 bits per heavy atom. The number of carboxylic acids is 1. The van der Waals surface area contributed by atoms with Gasteiger partial charge in [0.2, 0.25) is 0 Å². The molecule has 0 spiro atoms. The monoisotopic (exact) mass is 255 g/mol. The number of hydrogen-bond donors (Lipinski definition) is 3. The minimum absolute atomic E-state index is 0.00224. The van der Waals surface area contributed by atoms with Crippen molar-refractivity contribution in [3.8, 4) is 0 Å². The Hall–Kier alpha value is -1.95. The number of aliphatic hydroxyl groups excluding tert-OH is 1. The van der Waals surface area contributed by atoms with Crippen LogP contribution in [0.25, 0.3) is 0 Å². The highest BCUT2D eigenvalue weighted by molar-refractivity contribution is 5.95. The zero-order valence-corrected chi connectivity index (χ0v) is 9.81. The number of aliphatic carboxylic acids is 1. The quantitative estimate of drug-likeness (QED) is 0.722. The van der Waals surface area contributed by atoms with Gasteiger partial charge in [0.05, 0.1) is 0 Å². The summed E-state index contributed by atoms with van der Waals surface area (Å²) in [7, 11) is 0. The van der Waals surface area contributed by atoms with E-state index < -0.39 is 23.8 Å². The SMILES string of the molecule is Cc1ccc(F)cc1C(=O)NCC[C@H](O)C(=O)O. The van der Waals surface area contributed by atoms with Gasteiger partial charge in [0.1, 0.15) is 5.82 Å². The summed E-state index contributed by atoms with van der Waals surface area (Å²) < 4.78 is 13.0. The van der Waals surface area contributed by atoms with Crippen molar-refractivity contribution in [1.82, 2.24) is 5.32 Å². The number of carbonyl (C=O) groups is 2. The molecule has 0 heterocycles. The van der Waals surface area contributed by atoms with E-state index >= 15 is 0 Å². The Morgan fingerprint density at radius 2 is 2.11 bits per heavy atom. The Morgan fingerprint density at radius 1 is 1.44 bits per heavy atom. The lowest BCUT2D eigenvalue weighted by molar-refractivity contribution is -0.146. The van der Waals surface area contributed by atoms with Crippen LogP contribution >= 0.6 is 0 Å². The van der Waals surface area contributed by atoms with Crippen molar-refractivity contribution in [3.05, 3.63) is 35.1 Å². The first kappa shape index (κ1) is 14.1. The lowest BCUT2D eigenvalue weighted by Gasteiger charge is -2.09. The van der Waals surface area contributed by atoms with Crippen LogP contribution < -0.4 is 5.32 Å². The highest BCUT2D eigenvalue weighted by atomic mass is 19.1. The summed E-state index contributed by atoms with van der Waals surface area (Å²) >= 11 is 0. The van der Waals surface area contributed by atoms with Gasteiger partial charge in [-0.25, -0.2) is 9.18 Å². The van der Waals surface area contributed by atoms with Crippen LogP contribution in [0.5, 0.6) is 0 Å². The van der Waals surface area contributed by atoms with Gasteiger partial charge in [0.25, 0.3) is 5.91 Å². The standard InChI is InChI=1S/C12H14FNO4/c1-7-2-3-8(13)6-9(7)11(16)14-5-4-10(15)12(17)18/h2-3,6,10,15H,4-5H2,1H3,(H,14,16)(H,17,18)/t10-/m0/s1. The predicted molar refractivity (Wildman–Crippen MR) is 61.7 cm³/mol. The van der Waals surface area contributed by atoms with Gasteiger partial charge in [-0.15, -0.1) is 0 Å². The minimum atomic E-state index is -1.51. The molecule has 1 aromatic rings. The topological polar surface area (TPSA) is 86.6 Å². The molecular weight excluding hydrogens is 241 g/mol. The van der Waals surface area contributed by atoms with Crippen molar-refractivity contribution in [2.75, 3.05) is 6.54 Å². The molecule has 98 valence electrons. The molecule has 0 unspecified atom stereocenters. The van der Waals surface area contributed by atoms with Crippen LogP contribution in [0.4, 0.5) is 4.39 Å². The molecule has 5 nitrogen and oxygen atoms in total. The van der Waals surface area contributed by atoms with E-state index in [0.29, 0.717) is 5.56 Å². The van der Waals surface area contributed by atoms with Crippen molar-refractivity contribution in [1.29, 1.82) is 0 Å². The van der Waals surface area contributed by atoms with E-state index in [1.54, 1.807) is 6.92 Å². The number of aryl methyl sites for hydroxylation is 1. The molecule has 6 heteroatoms. The number of benzene rings is 1. The number of aliphatic hydroxyl groups is 1. The molecule has 0 radical (unpaired) electrons. The summed E-state index contributed by atoms with van der Waals surface area (Å²) in [6, 6.07) is 3.84. The number of hydrogen-bond acceptors (Lipinski definition) is 3. The van der Waals surface area contributed by atoms with Crippen molar-refractivity contribution in [2.24, 2.45) is 0 Å². The first-order chi connectivity index (χ1) is 8.41. The lowest BCUT2D eigenvalue weighted by Crippen LogP contribution is -2.30. The second kappa shape index (κ2) is 6.11. The second-order valence-corrected chi connectivity index (χ2v) is 3.86. The smallest absolute Gasteiger partial charge is 0.332 e. The highest BCUT2D eigenvalue weighted by Gasteiger charge is 2.14. The summed E-state index contributed by atoms with van der Waals surface area (Å²) in [6.45, 7) is 1.67. The second-order valence-electron chi connectivity index (χ2n) is 3.86. The van der Waals surface area contributed by atoms with Gasteiger partial charge in [0.15, 0.2) is 6.10 Å². The molecule has 0 bridgehead atoms. The van der Waals surface area contributed by atoms with Crippen LogP contribution in [0.2, 0.25) is 0 Å². The van der Waals surface area contributed by atoms with Gasteiger partial charge >= 0.3 is 5.97 Å². The van der Waals surface area contributed by atoms with Crippen LogP contribution in [0, 0.1) is 12.7 Å². The molecule has 0 aromatic heterocycles. The van der Waals surface area contributed by atoms with E-state index in [9.17, 15) is 14.0 Å². The maximum atomic E-state index is 13.0. The van der Waals surface area contributed by atoms with E-state index in [4.69, 9.17) is 10.2 Å². The fraction of sp³-hybridized carbons (Fsp3) is 0.333. The van der Waals surface area contributed by atoms with Gasteiger partial charge in [0, 0.05) is 18.5 Å². The molecule has 0 aliphatic heterocycles. The van der Waals surface area contributed by atoms with E-state index in [-0.39, 0.29) is 18.5 Å². The van der Waals surface area contributed by atoms with Crippen molar-refractivity contribution >= 4 is 11.9 Å². The van der Waals surface area contributed by atoms with Gasteiger partial charge in [-0.1, -0.05) is 6.07 Å². The highest BCUT2D eigenvalue weighted by Crippen LogP contribution is 2.09. The molecule has 1 rings (SSSR count). The van der Waals surface area contributed by atoms with Crippen molar-refractivity contribution in [2.45, 2.75) is 19.4 Å². The fourth-order valence-corrected chi connectivity index (χ4v) is 1.38. The maximum absolute atomic E-state index is 13.0. The Labute approximate surface area is 103 Å². The normalized spacial score (nSPS) is 11.9. The third-order valence-corrected chi connectivity index (χ3v) is 2.43. The molecule has 0 saturated heterocycles. The number of nitrogens with one attached hydrogen (secondary N) is 1. The van der Waals surface area contributed by atoms with E-state index in [1.165, 1.54) is 12.1 Å². The van der Waals surface area contributed by atoms with Gasteiger partial charge < -0.3 is 15.5 Å². The zero-order valence-electron chi connectivity index (χ0n) is 9.81. The Kier molecular flexibility index (Phi) is 4.79. The lowest BCUT2D eigenvalue weighted by atomic mass is 10.1. The molecule has 0 fully saturated rings. The van der Waals surface area contributed by atoms with Gasteiger partial charge in [-0.2, -0.15) is 0 Å². The van der Waals surface area contributed by atoms with Crippen molar-refractivity contribution in [3.63, 3.8) is 0 Å². The van der Waals surface area contributed by atoms with Gasteiger partial charge in [-0.3, -0.25) is 4.79 Å². The van der Waals surface area contributed by atoms with Crippen LogP contribution in [0.3, 0.4) is 0 Å². The maximum Gasteiger partial charge on any atom is 0.332 e. The molecule has 1 aromatic carbocycles. The number of carbonyl (C=O) groups excluding carboxylic acids is 1. The third kappa shape index (κ3) is 3.81. The number of amides is 1. The summed E-state index contributed by atoms with van der Waals surface area (Å²) in [5.41, 5.74) is 0.812. The van der Waals surface area contributed by atoms with Crippen LogP contribution in [-0.4, -0.2) is 34.7 Å². The van der Waals surface area contributed by atoms with E-state index in [2.05, 4.69) is 5.32 Å². The summed E-state index contributed by atoms with van der Waals surface area (Å²) in [6.07, 6.45) is -1.62. The minimum Gasteiger partial charge on any atom is -0.479 e. The summed E-state index contributed by atoms with van der Waals surface area (Å²) in [5, 5.41) is 19.9. The van der Waals surface area contributed by atoms with Crippen molar-refractivity contribution < 1.29 is 24.2 Å². The fourth-order valence-electron chi connectivity index (χ4n) is 1.38. The van der Waals surface area contributed by atoms with E-state index in [0.717, 1.165) is 6.07 Å². The first-order valence-corrected chi connectivity index (χ1v) is 5.37. The largest absolute Gasteiger partial charge is 0.479 e. The molecule has 18 heavy (non-hydrogen) atoms. The number of carboxylic acid groups (broad SMARTS) is 1. The number of halogens is 1. The summed E-state index contributed by atoms with van der Waals surface area (Å²) in [5.74, 6) is -2.35. The van der Waals surface area contributed by atoms with E-state index in [1.807, 2.05) is 0 Å². The average molecular weight is 255 g/mol. The molecule has 1 atom stereocenters. The molecule has 0 saturated carbocycles. The van der Waals surface area contributed by atoms with Crippen LogP contribution in [0.1, 0.15) is 22.3 Å². The molecule has 0 aliphatic carbocycles. The molecule has 1 amide bonds. The molecule has 0 aliphatic rings. The van der Waals surface area contributed by atoms with Gasteiger partial charge in [-0.05, 0) is 24.6 Å². The Balaban J connectivity index is 2.55. The number of rotatable bonds is 5. The van der Waals surface area contributed by atoms with Crippen LogP contribution in [-0.2, 0) is 4.79 Å². The first-order valence-electron chi connectivity index (χ1n) is 5.37. The van der Waals surface area contributed by atoms with Crippen LogP contribution in [0.15, 0.2) is 18.2 Å². The zero-order chi connectivity index (χ0) is 13.7. The Bertz CT molecular complexity index is 461. The third-order valence-electron chi connectivity index (χ3n) is 2.43. The molecule has 3 N–H and O–H groups in total. The molecular formula is C12H14FNO4. The average Bonchev–Trinajstić information content (AvgIpc) is 2.31. The predicted octanol–water partition coefficient (Wildman–Crippen LogP) is 0.700.